The van der Waals surface area contributed by atoms with E-state index in [1.54, 1.807) is 0 Å². The van der Waals surface area contributed by atoms with Gasteiger partial charge in [-0.1, -0.05) is 12.6 Å². The number of carbonyl (C=O) groups excluding carboxylic acids is 1. The van der Waals surface area contributed by atoms with Crippen molar-refractivity contribution in [2.45, 2.75) is 13.1 Å². The lowest BCUT2D eigenvalue weighted by molar-refractivity contribution is -0.138. The molecule has 0 fully saturated rings. The topological polar surface area (TPSA) is 51.5 Å². The van der Waals surface area contributed by atoms with Gasteiger partial charge in [0.25, 0.3) is 0 Å². The fourth-order valence-corrected chi connectivity index (χ4v) is 1.15. The number of alkyl halides is 3. The van der Waals surface area contributed by atoms with Crippen LogP contribution in [0.2, 0.25) is 0 Å². The molecule has 0 unspecified atom stereocenters. The Hall–Kier alpha value is -2.18. The predicted molar refractivity (Wildman–Crippen MR) is 63.2 cm³/mol. The number of aromatic nitrogens is 1. The van der Waals surface area contributed by atoms with E-state index in [0.717, 1.165) is 0 Å². The molecule has 1 aromatic heterocycles. The molecule has 1 heterocycles. The summed E-state index contributed by atoms with van der Waals surface area (Å²) in [5, 5.41) is 0. The van der Waals surface area contributed by atoms with E-state index in [2.05, 4.69) is 21.3 Å². The molecule has 0 amide bonds. The maximum Gasteiger partial charge on any atom is 0.434 e. The lowest BCUT2D eigenvalue weighted by Crippen LogP contribution is -2.29. The highest BCUT2D eigenvalue weighted by Crippen LogP contribution is 2.25. The Bertz CT molecular complexity index is 495. The van der Waals surface area contributed by atoms with Crippen molar-refractivity contribution in [1.82, 2.24) is 4.98 Å². The van der Waals surface area contributed by atoms with Crippen LogP contribution in [0.5, 0.6) is 0 Å². The molecule has 0 bridgehead atoms. The van der Waals surface area contributed by atoms with E-state index in [9.17, 15) is 18.0 Å². The van der Waals surface area contributed by atoms with Crippen LogP contribution >= 0.6 is 0 Å². The molecule has 0 aliphatic rings. The number of hydrogen-bond acceptors (Lipinski definition) is 4. The van der Waals surface area contributed by atoms with Gasteiger partial charge in [0, 0.05) is 6.20 Å². The molecular weight excluding hydrogens is 261 g/mol. The Kier molecular flexibility index (Phi) is 4.80. The molecule has 4 nitrogen and oxygen atoms in total. The summed E-state index contributed by atoms with van der Waals surface area (Å²) in [6.45, 7) is 4.51. The first-order valence-corrected chi connectivity index (χ1v) is 5.29. The van der Waals surface area contributed by atoms with E-state index in [4.69, 9.17) is 0 Å². The van der Waals surface area contributed by atoms with Gasteiger partial charge >= 0.3 is 12.1 Å². The molecule has 0 N–H and O–H groups in total. The number of pyridine rings is 1. The van der Waals surface area contributed by atoms with E-state index in [1.807, 2.05) is 0 Å². The van der Waals surface area contributed by atoms with Crippen LogP contribution in [0, 0.1) is 0 Å². The summed E-state index contributed by atoms with van der Waals surface area (Å²) in [6.07, 6.45) is -3.53. The summed E-state index contributed by atoms with van der Waals surface area (Å²) >= 11 is 0. The van der Waals surface area contributed by atoms with Crippen molar-refractivity contribution in [3.63, 3.8) is 0 Å². The zero-order valence-electron chi connectivity index (χ0n) is 10.1. The van der Waals surface area contributed by atoms with E-state index < -0.39 is 23.4 Å². The number of nitrogens with zero attached hydrogens (tertiary/aromatic N) is 2. The van der Waals surface area contributed by atoms with Crippen molar-refractivity contribution in [2.75, 3.05) is 6.61 Å². The molecule has 7 heteroatoms. The monoisotopic (exact) mass is 272 g/mol. The Morgan fingerprint density at radius 1 is 1.47 bits per heavy atom. The van der Waals surface area contributed by atoms with Crippen LogP contribution in [0.15, 0.2) is 41.5 Å². The summed E-state index contributed by atoms with van der Waals surface area (Å²) in [5.41, 5.74) is -2.26. The number of ether oxygens (including phenoxy) is 1. The van der Waals surface area contributed by atoms with Crippen LogP contribution in [0.25, 0.3) is 0 Å². The van der Waals surface area contributed by atoms with Gasteiger partial charge < -0.3 is 4.74 Å². The lowest BCUT2D eigenvalue weighted by atomic mass is 10.1. The first-order chi connectivity index (χ1) is 8.86. The Balaban J connectivity index is 3.14. The van der Waals surface area contributed by atoms with Crippen LogP contribution in [0.4, 0.5) is 19.0 Å². The normalized spacial score (nSPS) is 12.1. The van der Waals surface area contributed by atoms with Crippen LogP contribution in [0.1, 0.15) is 6.92 Å². The Morgan fingerprint density at radius 2 is 2.16 bits per heavy atom. The minimum Gasteiger partial charge on any atom is -0.462 e. The zero-order valence-corrected chi connectivity index (χ0v) is 10.1. The van der Waals surface area contributed by atoms with Gasteiger partial charge in [0.15, 0.2) is 11.5 Å². The Morgan fingerprint density at radius 3 is 2.63 bits per heavy atom. The van der Waals surface area contributed by atoms with Crippen molar-refractivity contribution in [3.8, 4) is 0 Å². The van der Waals surface area contributed by atoms with Crippen molar-refractivity contribution in [2.24, 2.45) is 4.99 Å². The van der Waals surface area contributed by atoms with E-state index >= 15 is 0 Å². The minimum absolute atomic E-state index is 0.0490. The quantitative estimate of drug-likeness (QED) is 0.481. The lowest BCUT2D eigenvalue weighted by Gasteiger charge is -2.11. The number of rotatable bonds is 4. The maximum absolute atomic E-state index is 12.8. The van der Waals surface area contributed by atoms with Crippen LogP contribution < -0.4 is 0 Å². The molecule has 0 atom stereocenters. The summed E-state index contributed by atoms with van der Waals surface area (Å²) in [7, 11) is 0. The molecule has 1 aromatic rings. The first-order valence-electron chi connectivity index (χ1n) is 5.29. The molecule has 0 radical (unpaired) electrons. The van der Waals surface area contributed by atoms with Gasteiger partial charge in [-0.15, -0.1) is 0 Å². The third-order valence-electron chi connectivity index (χ3n) is 1.95. The molecule has 0 saturated carbocycles. The molecule has 1 rings (SSSR count). The first kappa shape index (κ1) is 14.9. The van der Waals surface area contributed by atoms with Crippen molar-refractivity contribution >= 4 is 17.5 Å². The number of halogens is 3. The molecule has 0 aliphatic carbocycles. The second-order valence-electron chi connectivity index (χ2n) is 3.35. The van der Waals surface area contributed by atoms with Crippen molar-refractivity contribution in [3.05, 3.63) is 36.5 Å². The summed E-state index contributed by atoms with van der Waals surface area (Å²) in [6, 6.07) is 4.30. The van der Waals surface area contributed by atoms with Crippen LogP contribution in [0.3, 0.4) is 0 Å². The third kappa shape index (κ3) is 4.20. The Labute approximate surface area is 107 Å². The third-order valence-corrected chi connectivity index (χ3v) is 1.95. The van der Waals surface area contributed by atoms with Gasteiger partial charge in [-0.25, -0.2) is 14.8 Å². The predicted octanol–water partition coefficient (Wildman–Crippen LogP) is 2.84. The zero-order chi connectivity index (χ0) is 14.5. The van der Waals surface area contributed by atoms with E-state index in [0.29, 0.717) is 0 Å². The standard InChI is InChI=1S/C12H11F3N2O2/c1-3-19-11(18)8(2)10(12(13,14)15)17-9-6-4-5-7-16-9/h4-7H,2-3H2,1H3/b17-10+. The molecule has 0 spiro atoms. The molecule has 19 heavy (non-hydrogen) atoms. The molecular formula is C12H11F3N2O2. The van der Waals surface area contributed by atoms with Crippen molar-refractivity contribution in [1.29, 1.82) is 0 Å². The highest BCUT2D eigenvalue weighted by atomic mass is 19.4. The van der Waals surface area contributed by atoms with Gasteiger partial charge in [0.05, 0.1) is 12.2 Å². The molecule has 102 valence electrons. The average Bonchev–Trinajstić information content (AvgIpc) is 2.35. The van der Waals surface area contributed by atoms with E-state index in [1.165, 1.54) is 31.3 Å². The smallest absolute Gasteiger partial charge is 0.434 e. The molecule has 0 aromatic carbocycles. The maximum atomic E-state index is 12.8. The summed E-state index contributed by atoms with van der Waals surface area (Å²) in [5.74, 6) is -1.32. The fraction of sp³-hybridized carbons (Fsp3) is 0.250. The number of carbonyl (C=O) groups is 1. The average molecular weight is 272 g/mol. The second kappa shape index (κ2) is 6.12. The van der Waals surface area contributed by atoms with Gasteiger partial charge in [-0.3, -0.25) is 0 Å². The van der Waals surface area contributed by atoms with Crippen molar-refractivity contribution < 1.29 is 22.7 Å². The molecule has 0 aliphatic heterocycles. The summed E-state index contributed by atoms with van der Waals surface area (Å²) < 4.78 is 43.0. The van der Waals surface area contributed by atoms with Gasteiger partial charge in [0.1, 0.15) is 0 Å². The fourth-order valence-electron chi connectivity index (χ4n) is 1.15. The number of aliphatic imine (C=N–C) groups is 1. The number of hydrogen-bond donors (Lipinski definition) is 0. The van der Waals surface area contributed by atoms with E-state index in [-0.39, 0.29) is 12.4 Å². The highest BCUT2D eigenvalue weighted by molar-refractivity contribution is 6.22. The highest BCUT2D eigenvalue weighted by Gasteiger charge is 2.40. The SMILES string of the molecule is C=C(C(=O)OCC)/C(=N\c1ccccn1)C(F)(F)F. The van der Waals surface area contributed by atoms with Crippen LogP contribution in [-0.2, 0) is 9.53 Å². The second-order valence-corrected chi connectivity index (χ2v) is 3.35. The largest absolute Gasteiger partial charge is 0.462 e. The van der Waals surface area contributed by atoms with Gasteiger partial charge in [0.2, 0.25) is 0 Å². The van der Waals surface area contributed by atoms with Gasteiger partial charge in [-0.05, 0) is 19.1 Å². The van der Waals surface area contributed by atoms with Gasteiger partial charge in [-0.2, -0.15) is 13.2 Å². The van der Waals surface area contributed by atoms with Crippen LogP contribution in [-0.4, -0.2) is 29.4 Å². The molecule has 0 saturated heterocycles. The minimum atomic E-state index is -4.82. The summed E-state index contributed by atoms with van der Waals surface area (Å²) in [4.78, 5) is 18.3. The number of esters is 1.